The number of ether oxygens (including phenoxy) is 1. The smallest absolute Gasteiger partial charge is 0.254 e. The third kappa shape index (κ3) is 3.95. The average Bonchev–Trinajstić information content (AvgIpc) is 3.15. The molecule has 0 saturated carbocycles. The number of likely N-dealkylation sites (tertiary alicyclic amines) is 1. The zero-order valence-corrected chi connectivity index (χ0v) is 14.1. The Morgan fingerprint density at radius 1 is 1.40 bits per heavy atom. The molecule has 6 heteroatoms. The Morgan fingerprint density at radius 2 is 2.20 bits per heavy atom. The highest BCUT2D eigenvalue weighted by atomic mass is 16.5. The molecule has 1 atom stereocenters. The Morgan fingerprint density at radius 3 is 2.92 bits per heavy atom. The predicted octanol–water partition coefficient (Wildman–Crippen LogP) is 1.97. The van der Waals surface area contributed by atoms with Crippen molar-refractivity contribution in [3.05, 3.63) is 59.4 Å². The van der Waals surface area contributed by atoms with Crippen LogP contribution in [-0.2, 0) is 6.54 Å². The third-order valence-electron chi connectivity index (χ3n) is 4.38. The van der Waals surface area contributed by atoms with E-state index in [0.717, 1.165) is 18.5 Å². The van der Waals surface area contributed by atoms with E-state index in [1.165, 1.54) is 0 Å². The van der Waals surface area contributed by atoms with Gasteiger partial charge in [-0.1, -0.05) is 6.07 Å². The summed E-state index contributed by atoms with van der Waals surface area (Å²) >= 11 is 0. The molecule has 0 radical (unpaired) electrons. The number of rotatable bonds is 5. The lowest BCUT2D eigenvalue weighted by Gasteiger charge is -2.17. The van der Waals surface area contributed by atoms with Crippen molar-refractivity contribution in [2.24, 2.45) is 0 Å². The Hall–Kier alpha value is -2.91. The summed E-state index contributed by atoms with van der Waals surface area (Å²) in [6, 6.07) is 11.4. The molecular weight excluding hydrogens is 316 g/mol. The van der Waals surface area contributed by atoms with Crippen LogP contribution in [0, 0.1) is 11.3 Å². The first-order valence-electron chi connectivity index (χ1n) is 8.21. The molecule has 1 aliphatic heterocycles. The van der Waals surface area contributed by atoms with Crippen LogP contribution < -0.4 is 10.1 Å². The van der Waals surface area contributed by atoms with Crippen LogP contribution in [0.1, 0.15) is 27.9 Å². The van der Waals surface area contributed by atoms with Crippen LogP contribution in [0.3, 0.4) is 0 Å². The van der Waals surface area contributed by atoms with Crippen LogP contribution in [0.5, 0.6) is 5.75 Å². The van der Waals surface area contributed by atoms with Crippen molar-refractivity contribution < 1.29 is 9.53 Å². The fourth-order valence-corrected chi connectivity index (χ4v) is 2.99. The van der Waals surface area contributed by atoms with E-state index in [9.17, 15) is 4.79 Å². The van der Waals surface area contributed by atoms with Crippen molar-refractivity contribution in [3.63, 3.8) is 0 Å². The highest BCUT2D eigenvalue weighted by Gasteiger charge is 2.26. The molecule has 1 saturated heterocycles. The summed E-state index contributed by atoms with van der Waals surface area (Å²) < 4.78 is 5.24. The van der Waals surface area contributed by atoms with E-state index >= 15 is 0 Å². The summed E-state index contributed by atoms with van der Waals surface area (Å²) in [6.45, 7) is 2.11. The summed E-state index contributed by atoms with van der Waals surface area (Å²) in [5, 5.41) is 12.5. The SMILES string of the molecule is COc1cc(CNC2CCN(C(=O)c3ccncc3)C2)ccc1C#N. The Labute approximate surface area is 147 Å². The second kappa shape index (κ2) is 7.77. The summed E-state index contributed by atoms with van der Waals surface area (Å²) in [5.41, 5.74) is 2.25. The maximum absolute atomic E-state index is 12.4. The molecule has 0 spiro atoms. The number of carbonyl (C=O) groups excluding carboxylic acids is 1. The van der Waals surface area contributed by atoms with Crippen molar-refractivity contribution >= 4 is 5.91 Å². The van der Waals surface area contributed by atoms with Gasteiger partial charge in [0, 0.05) is 43.6 Å². The molecule has 1 N–H and O–H groups in total. The molecular formula is C19H20N4O2. The van der Waals surface area contributed by atoms with Gasteiger partial charge >= 0.3 is 0 Å². The molecule has 2 heterocycles. The van der Waals surface area contributed by atoms with E-state index in [4.69, 9.17) is 10.00 Å². The number of benzene rings is 1. The maximum atomic E-state index is 12.4. The number of hydrogen-bond acceptors (Lipinski definition) is 5. The van der Waals surface area contributed by atoms with Crippen LogP contribution in [0.4, 0.5) is 0 Å². The van der Waals surface area contributed by atoms with Crippen LogP contribution in [-0.4, -0.2) is 42.0 Å². The lowest BCUT2D eigenvalue weighted by Crippen LogP contribution is -2.34. The number of amides is 1. The number of pyridine rings is 1. The summed E-state index contributed by atoms with van der Waals surface area (Å²) in [6.07, 6.45) is 4.19. The van der Waals surface area contributed by atoms with E-state index in [1.54, 1.807) is 37.7 Å². The first kappa shape index (κ1) is 16.9. The van der Waals surface area contributed by atoms with Gasteiger partial charge in [0.25, 0.3) is 5.91 Å². The summed E-state index contributed by atoms with van der Waals surface area (Å²) in [5.74, 6) is 0.634. The lowest BCUT2D eigenvalue weighted by molar-refractivity contribution is 0.0789. The molecule has 2 aromatic rings. The van der Waals surface area contributed by atoms with Gasteiger partial charge in [-0.2, -0.15) is 5.26 Å². The molecule has 128 valence electrons. The van der Waals surface area contributed by atoms with Crippen molar-refractivity contribution in [3.8, 4) is 11.8 Å². The third-order valence-corrected chi connectivity index (χ3v) is 4.38. The van der Waals surface area contributed by atoms with E-state index in [2.05, 4.69) is 16.4 Å². The van der Waals surface area contributed by atoms with Gasteiger partial charge in [-0.05, 0) is 36.2 Å². The monoisotopic (exact) mass is 336 g/mol. The number of carbonyl (C=O) groups is 1. The van der Waals surface area contributed by atoms with Crippen molar-refractivity contribution in [2.45, 2.75) is 19.0 Å². The zero-order chi connectivity index (χ0) is 17.6. The maximum Gasteiger partial charge on any atom is 0.254 e. The van der Waals surface area contributed by atoms with E-state index in [1.807, 2.05) is 17.0 Å². The summed E-state index contributed by atoms with van der Waals surface area (Å²) in [4.78, 5) is 18.3. The molecule has 1 aromatic heterocycles. The number of nitrogens with zero attached hydrogens (tertiary/aromatic N) is 3. The number of aromatic nitrogens is 1. The second-order valence-corrected chi connectivity index (χ2v) is 6.00. The minimum Gasteiger partial charge on any atom is -0.495 e. The minimum atomic E-state index is 0.0479. The van der Waals surface area contributed by atoms with Gasteiger partial charge in [-0.15, -0.1) is 0 Å². The van der Waals surface area contributed by atoms with Crippen molar-refractivity contribution in [2.75, 3.05) is 20.2 Å². The van der Waals surface area contributed by atoms with Gasteiger partial charge in [0.1, 0.15) is 11.8 Å². The topological polar surface area (TPSA) is 78.2 Å². The molecule has 1 aliphatic rings. The highest BCUT2D eigenvalue weighted by molar-refractivity contribution is 5.94. The van der Waals surface area contributed by atoms with E-state index < -0.39 is 0 Å². The van der Waals surface area contributed by atoms with Gasteiger partial charge in [-0.25, -0.2) is 0 Å². The van der Waals surface area contributed by atoms with Crippen LogP contribution in [0.15, 0.2) is 42.7 Å². The van der Waals surface area contributed by atoms with Crippen LogP contribution >= 0.6 is 0 Å². The predicted molar refractivity (Wildman–Crippen MR) is 93.1 cm³/mol. The van der Waals surface area contributed by atoms with Crippen LogP contribution in [0.25, 0.3) is 0 Å². The number of nitriles is 1. The Kier molecular flexibility index (Phi) is 5.26. The summed E-state index contributed by atoms with van der Waals surface area (Å²) in [7, 11) is 1.56. The van der Waals surface area contributed by atoms with E-state index in [0.29, 0.717) is 30.0 Å². The normalized spacial score (nSPS) is 16.5. The average molecular weight is 336 g/mol. The first-order valence-corrected chi connectivity index (χ1v) is 8.21. The van der Waals surface area contributed by atoms with Gasteiger partial charge in [0.2, 0.25) is 0 Å². The molecule has 3 rings (SSSR count). The Bertz CT molecular complexity index is 786. The van der Waals surface area contributed by atoms with Crippen LogP contribution in [0.2, 0.25) is 0 Å². The zero-order valence-electron chi connectivity index (χ0n) is 14.1. The Balaban J connectivity index is 1.55. The lowest BCUT2D eigenvalue weighted by atomic mass is 10.1. The van der Waals surface area contributed by atoms with Gasteiger partial charge < -0.3 is 15.0 Å². The fraction of sp³-hybridized carbons (Fsp3) is 0.316. The number of hydrogen-bond donors (Lipinski definition) is 1. The molecule has 0 bridgehead atoms. The highest BCUT2D eigenvalue weighted by Crippen LogP contribution is 2.20. The quantitative estimate of drug-likeness (QED) is 0.903. The largest absolute Gasteiger partial charge is 0.495 e. The number of nitrogens with one attached hydrogen (secondary N) is 1. The molecule has 1 amide bonds. The number of methoxy groups -OCH3 is 1. The molecule has 1 aromatic carbocycles. The molecule has 0 aliphatic carbocycles. The standard InChI is InChI=1S/C19H20N4O2/c1-25-18-10-14(2-3-16(18)11-20)12-22-17-6-9-23(13-17)19(24)15-4-7-21-8-5-15/h2-5,7-8,10,17,22H,6,9,12-13H2,1H3. The molecule has 25 heavy (non-hydrogen) atoms. The van der Waals surface area contributed by atoms with Crippen molar-refractivity contribution in [1.29, 1.82) is 5.26 Å². The van der Waals surface area contributed by atoms with E-state index in [-0.39, 0.29) is 11.9 Å². The van der Waals surface area contributed by atoms with Gasteiger partial charge in [0.05, 0.1) is 12.7 Å². The molecule has 6 nitrogen and oxygen atoms in total. The first-order chi connectivity index (χ1) is 12.2. The molecule has 1 fully saturated rings. The molecule has 1 unspecified atom stereocenters. The minimum absolute atomic E-state index is 0.0479. The van der Waals surface area contributed by atoms with Gasteiger partial charge in [0.15, 0.2) is 0 Å². The fourth-order valence-electron chi connectivity index (χ4n) is 2.99. The van der Waals surface area contributed by atoms with Crippen molar-refractivity contribution in [1.82, 2.24) is 15.2 Å². The van der Waals surface area contributed by atoms with Gasteiger partial charge in [-0.3, -0.25) is 9.78 Å². The second-order valence-electron chi connectivity index (χ2n) is 6.00.